The second kappa shape index (κ2) is 22.7. The zero-order valence-electron chi connectivity index (χ0n) is 30.9. The van der Waals surface area contributed by atoms with Crippen LogP contribution in [0.2, 0.25) is 0 Å². The Hall–Kier alpha value is -2.78. The van der Waals surface area contributed by atoms with Crippen molar-refractivity contribution in [1.29, 1.82) is 0 Å². The van der Waals surface area contributed by atoms with E-state index in [-0.39, 0.29) is 35.2 Å². The number of carbonyl (C=O) groups excluding carboxylic acids is 2. The second-order valence-corrected chi connectivity index (χ2v) is 14.1. The Balaban J connectivity index is 0. The lowest BCUT2D eigenvalue weighted by Crippen LogP contribution is -2.46. The fraction of sp³-hybridized carbons (Fsp3) is 0.622. The van der Waals surface area contributed by atoms with Gasteiger partial charge in [-0.1, -0.05) is 67.6 Å². The first-order valence-electron chi connectivity index (χ1n) is 15.9. The second-order valence-electron chi connectivity index (χ2n) is 14.1. The van der Waals surface area contributed by atoms with Crippen LogP contribution in [0.4, 0.5) is 0 Å². The van der Waals surface area contributed by atoms with Gasteiger partial charge in [0.1, 0.15) is 6.61 Å². The number of carbonyl (C=O) groups is 2. The first kappa shape index (κ1) is 44.3. The van der Waals surface area contributed by atoms with Crippen molar-refractivity contribution in [3.05, 3.63) is 71.8 Å². The van der Waals surface area contributed by atoms with Gasteiger partial charge in [-0.15, -0.1) is 0 Å². The van der Waals surface area contributed by atoms with Crippen molar-refractivity contribution in [3.8, 4) is 0 Å². The maximum absolute atomic E-state index is 11.4. The van der Waals surface area contributed by atoms with E-state index in [1.807, 2.05) is 97.2 Å². The third-order valence-electron chi connectivity index (χ3n) is 6.50. The summed E-state index contributed by atoms with van der Waals surface area (Å²) < 4.78 is 11.0. The first-order chi connectivity index (χ1) is 20.6. The van der Waals surface area contributed by atoms with Crippen molar-refractivity contribution in [3.63, 3.8) is 0 Å². The molecule has 2 aromatic rings. The highest BCUT2D eigenvalue weighted by Crippen LogP contribution is 2.11. The van der Waals surface area contributed by atoms with Crippen LogP contribution in [0.1, 0.15) is 101 Å². The standard InChI is InChI=1S/C13H19NO2.C11H16O.C7H16N2O.C6H15N/c1-13(2,3)16-10-12(15)14-9-11-7-5-4-6-8-11;1-11(2,3)12-9-10-7-5-4-6-8-10;1-6(10)9-5-7(2,3)8-4;1-5-6(2,3)7-4/h4-8H,9-10H2,1-3H3,(H,14,15);4-8H,9H2,1-3H3;8H,5H2,1-4H3,(H,9,10);7H,5H2,1-4H3. The lowest BCUT2D eigenvalue weighted by atomic mass is 10.0. The zero-order valence-corrected chi connectivity index (χ0v) is 30.9. The molecule has 0 aliphatic rings. The topological polar surface area (TPSA) is 101 Å². The molecule has 4 N–H and O–H groups in total. The summed E-state index contributed by atoms with van der Waals surface area (Å²) >= 11 is 0. The molecule has 0 unspecified atom stereocenters. The van der Waals surface area contributed by atoms with E-state index >= 15 is 0 Å². The summed E-state index contributed by atoms with van der Waals surface area (Å²) in [6.45, 7) is 26.1. The minimum atomic E-state index is -0.274. The molecule has 8 heteroatoms. The van der Waals surface area contributed by atoms with Crippen molar-refractivity contribution < 1.29 is 19.1 Å². The van der Waals surface area contributed by atoms with Gasteiger partial charge >= 0.3 is 0 Å². The summed E-state index contributed by atoms with van der Waals surface area (Å²) in [7, 11) is 3.87. The fourth-order valence-electron chi connectivity index (χ4n) is 2.61. The molecule has 0 saturated heterocycles. The summed E-state index contributed by atoms with van der Waals surface area (Å²) in [5.74, 6) is -0.0675. The first-order valence-corrected chi connectivity index (χ1v) is 15.9. The van der Waals surface area contributed by atoms with Crippen molar-refractivity contribution in [1.82, 2.24) is 21.3 Å². The number of hydrogen-bond acceptors (Lipinski definition) is 6. The summed E-state index contributed by atoms with van der Waals surface area (Å²) in [5, 5.41) is 11.8. The quantitative estimate of drug-likeness (QED) is 0.222. The third-order valence-corrected chi connectivity index (χ3v) is 6.50. The van der Waals surface area contributed by atoms with Crippen LogP contribution in [0.5, 0.6) is 0 Å². The van der Waals surface area contributed by atoms with E-state index in [9.17, 15) is 9.59 Å². The summed E-state index contributed by atoms with van der Waals surface area (Å²) in [5.41, 5.74) is 2.32. The van der Waals surface area contributed by atoms with Gasteiger partial charge in [0, 0.05) is 31.1 Å². The Labute approximate surface area is 275 Å². The van der Waals surface area contributed by atoms with Crippen molar-refractivity contribution in [2.75, 3.05) is 27.2 Å². The number of benzene rings is 2. The molecular weight excluding hydrogens is 564 g/mol. The molecule has 0 heterocycles. The maximum atomic E-state index is 11.4. The molecule has 2 aromatic carbocycles. The van der Waals surface area contributed by atoms with Crippen LogP contribution < -0.4 is 21.3 Å². The molecule has 0 atom stereocenters. The summed E-state index contributed by atoms with van der Waals surface area (Å²) in [6.07, 6.45) is 1.18. The zero-order chi connectivity index (χ0) is 35.2. The Morgan fingerprint density at radius 2 is 1.09 bits per heavy atom. The maximum Gasteiger partial charge on any atom is 0.246 e. The largest absolute Gasteiger partial charge is 0.371 e. The van der Waals surface area contributed by atoms with Gasteiger partial charge in [-0.05, 0) is 101 Å². The molecule has 0 spiro atoms. The van der Waals surface area contributed by atoms with Gasteiger partial charge in [0.25, 0.3) is 0 Å². The predicted octanol–water partition coefficient (Wildman–Crippen LogP) is 6.63. The molecule has 2 rings (SSSR count). The lowest BCUT2D eigenvalue weighted by Gasteiger charge is -2.23. The molecule has 0 fully saturated rings. The number of ether oxygens (including phenoxy) is 2. The van der Waals surface area contributed by atoms with Crippen LogP contribution >= 0.6 is 0 Å². The lowest BCUT2D eigenvalue weighted by molar-refractivity contribution is -0.130. The number of rotatable bonds is 11. The predicted molar refractivity (Wildman–Crippen MR) is 190 cm³/mol. The number of amides is 2. The average Bonchev–Trinajstić information content (AvgIpc) is 2.98. The highest BCUT2D eigenvalue weighted by molar-refractivity contribution is 5.77. The Kier molecular flexibility index (Phi) is 22.4. The van der Waals surface area contributed by atoms with Gasteiger partial charge in [-0.2, -0.15) is 0 Å². The molecule has 0 radical (unpaired) electrons. The smallest absolute Gasteiger partial charge is 0.246 e. The van der Waals surface area contributed by atoms with Gasteiger partial charge in [0.2, 0.25) is 11.8 Å². The molecule has 258 valence electrons. The van der Waals surface area contributed by atoms with Crippen LogP contribution in [0, 0.1) is 0 Å². The number of nitrogens with one attached hydrogen (secondary N) is 4. The number of likely N-dealkylation sites (N-methyl/N-ethyl adjacent to an activating group) is 1. The van der Waals surface area contributed by atoms with E-state index < -0.39 is 0 Å². The molecule has 0 aliphatic carbocycles. The molecule has 0 aliphatic heterocycles. The Bertz CT molecular complexity index is 1020. The normalized spacial score (nSPS) is 11.4. The minimum absolute atomic E-state index is 0.00826. The highest BCUT2D eigenvalue weighted by atomic mass is 16.5. The Morgan fingerprint density at radius 1 is 0.644 bits per heavy atom. The minimum Gasteiger partial charge on any atom is -0.371 e. The van der Waals surface area contributed by atoms with Gasteiger partial charge in [0.15, 0.2) is 0 Å². The van der Waals surface area contributed by atoms with Gasteiger partial charge in [-0.3, -0.25) is 9.59 Å². The van der Waals surface area contributed by atoms with Gasteiger partial charge in [-0.25, -0.2) is 0 Å². The van der Waals surface area contributed by atoms with E-state index in [0.29, 0.717) is 25.2 Å². The SMILES string of the molecule is CC(C)(C)OCC(=O)NCc1ccccc1.CC(C)(C)OCc1ccccc1.CCC(C)(C)NC.CNC(C)(C)CNC(C)=O. The van der Waals surface area contributed by atoms with E-state index in [4.69, 9.17) is 9.47 Å². The van der Waals surface area contributed by atoms with Gasteiger partial charge < -0.3 is 30.7 Å². The summed E-state index contributed by atoms with van der Waals surface area (Å²) in [6, 6.07) is 20.0. The van der Waals surface area contributed by atoms with Crippen molar-refractivity contribution in [2.45, 2.75) is 125 Å². The highest BCUT2D eigenvalue weighted by Gasteiger charge is 2.14. The van der Waals surface area contributed by atoms with Crippen LogP contribution in [0.25, 0.3) is 0 Å². The average molecular weight is 631 g/mol. The van der Waals surface area contributed by atoms with E-state index in [0.717, 1.165) is 5.56 Å². The third kappa shape index (κ3) is 31.0. The van der Waals surface area contributed by atoms with Gasteiger partial charge in [0.05, 0.1) is 17.8 Å². The molecule has 0 saturated carbocycles. The Morgan fingerprint density at radius 3 is 1.44 bits per heavy atom. The van der Waals surface area contributed by atoms with E-state index in [1.54, 1.807) is 0 Å². The fourth-order valence-corrected chi connectivity index (χ4v) is 2.61. The van der Waals surface area contributed by atoms with E-state index in [1.165, 1.54) is 18.9 Å². The van der Waals surface area contributed by atoms with Crippen LogP contribution in [0.15, 0.2) is 60.7 Å². The van der Waals surface area contributed by atoms with Crippen LogP contribution in [0.3, 0.4) is 0 Å². The summed E-state index contributed by atoms with van der Waals surface area (Å²) in [4.78, 5) is 21.9. The monoisotopic (exact) mass is 631 g/mol. The van der Waals surface area contributed by atoms with Crippen LogP contribution in [-0.4, -0.2) is 61.3 Å². The molecular formula is C37H66N4O4. The van der Waals surface area contributed by atoms with Crippen molar-refractivity contribution >= 4 is 11.8 Å². The van der Waals surface area contributed by atoms with Crippen LogP contribution in [-0.2, 0) is 32.2 Å². The molecule has 45 heavy (non-hydrogen) atoms. The molecule has 0 aromatic heterocycles. The number of hydrogen-bond donors (Lipinski definition) is 4. The van der Waals surface area contributed by atoms with Crippen molar-refractivity contribution in [2.24, 2.45) is 0 Å². The molecule has 0 bridgehead atoms. The van der Waals surface area contributed by atoms with E-state index in [2.05, 4.69) is 74.9 Å². The molecule has 2 amide bonds. The molecule has 8 nitrogen and oxygen atoms in total.